The van der Waals surface area contributed by atoms with Crippen LogP contribution in [0.1, 0.15) is 12.5 Å². The van der Waals surface area contributed by atoms with Gasteiger partial charge in [-0.2, -0.15) is 18.4 Å². The molecule has 2 N–H and O–H groups in total. The molecule has 2 aromatic rings. The highest BCUT2D eigenvalue weighted by Crippen LogP contribution is 2.16. The van der Waals surface area contributed by atoms with Crippen LogP contribution in [0.5, 0.6) is 0 Å². The monoisotopic (exact) mass is 346 g/mol. The van der Waals surface area contributed by atoms with Gasteiger partial charge in [0.2, 0.25) is 0 Å². The fraction of sp³-hybridized carbons (Fsp3) is 0.0625. The third kappa shape index (κ3) is 4.92. The number of sulfonamides is 1. The van der Waals surface area contributed by atoms with E-state index in [1.165, 1.54) is 24.3 Å². The normalized spacial score (nSPS) is 12.4. The molecule has 0 atom stereocenters. The van der Waals surface area contributed by atoms with E-state index in [4.69, 9.17) is 5.21 Å². The Balaban J connectivity index is 2.07. The molecule has 2 aromatic carbocycles. The van der Waals surface area contributed by atoms with E-state index < -0.39 is 10.0 Å². The smallest absolute Gasteiger partial charge is 0.276 e. The van der Waals surface area contributed by atoms with Gasteiger partial charge in [0.25, 0.3) is 10.0 Å². The summed E-state index contributed by atoms with van der Waals surface area (Å²) in [6.07, 6.45) is 3.49. The minimum atomic E-state index is -3.85. The maximum Gasteiger partial charge on any atom is 0.276 e. The fourth-order valence-electron chi connectivity index (χ4n) is 1.76. The van der Waals surface area contributed by atoms with Gasteiger partial charge >= 0.3 is 0 Å². The molecule has 0 aliphatic rings. The van der Waals surface area contributed by atoms with Gasteiger partial charge in [-0.05, 0) is 42.8 Å². The van der Waals surface area contributed by atoms with Crippen molar-refractivity contribution in [2.45, 2.75) is 11.8 Å². The standard InChI is InChI=1S/C16H16N3O4S/c1-13(7-8-14-5-3-2-4-6-14)17-18-24(22,23)16-11-9-15(10-12-16)19(20)21/h2-12,18,20H,1H3/q-1. The van der Waals surface area contributed by atoms with E-state index in [1.54, 1.807) is 13.0 Å². The second kappa shape index (κ2) is 7.73. The molecule has 0 aliphatic carbocycles. The first-order valence-corrected chi connectivity index (χ1v) is 8.42. The van der Waals surface area contributed by atoms with Gasteiger partial charge in [-0.1, -0.05) is 36.4 Å². The topological polar surface area (TPSA) is 105 Å². The fourth-order valence-corrected chi connectivity index (χ4v) is 2.62. The number of rotatable bonds is 6. The third-order valence-electron chi connectivity index (χ3n) is 3.03. The van der Waals surface area contributed by atoms with E-state index in [1.807, 2.05) is 36.4 Å². The molecule has 0 radical (unpaired) electrons. The molecule has 126 valence electrons. The van der Waals surface area contributed by atoms with Crippen LogP contribution < -0.4 is 10.1 Å². The maximum atomic E-state index is 12.1. The number of hydrogen-bond acceptors (Lipinski definition) is 6. The summed E-state index contributed by atoms with van der Waals surface area (Å²) in [4.78, 5) is 2.04. The molecule has 0 unspecified atom stereocenters. The van der Waals surface area contributed by atoms with Crippen LogP contribution in [0.25, 0.3) is 6.08 Å². The molecule has 0 saturated heterocycles. The summed E-state index contributed by atoms with van der Waals surface area (Å²) in [5.41, 5.74) is 1.37. The molecule has 0 bridgehead atoms. The summed E-state index contributed by atoms with van der Waals surface area (Å²) in [6, 6.07) is 14.3. The molecule has 7 nitrogen and oxygen atoms in total. The number of anilines is 1. The molecular weight excluding hydrogens is 330 g/mol. The summed E-state index contributed by atoms with van der Waals surface area (Å²) in [6.45, 7) is 1.66. The van der Waals surface area contributed by atoms with Crippen LogP contribution in [0, 0.1) is 5.21 Å². The van der Waals surface area contributed by atoms with Gasteiger partial charge in [0, 0.05) is 0 Å². The third-order valence-corrected chi connectivity index (χ3v) is 4.25. The van der Waals surface area contributed by atoms with Gasteiger partial charge < -0.3 is 10.4 Å². The molecule has 2 rings (SSSR count). The van der Waals surface area contributed by atoms with Crippen molar-refractivity contribution in [3.63, 3.8) is 0 Å². The number of nitrogens with zero attached hydrogens (tertiary/aromatic N) is 2. The van der Waals surface area contributed by atoms with E-state index in [0.29, 0.717) is 5.71 Å². The number of nitrogens with one attached hydrogen (secondary N) is 1. The summed E-state index contributed by atoms with van der Waals surface area (Å²) < 4.78 is 24.2. The summed E-state index contributed by atoms with van der Waals surface area (Å²) in [5.74, 6) is 0. The van der Waals surface area contributed by atoms with Crippen molar-refractivity contribution in [1.82, 2.24) is 4.83 Å². The molecule has 0 heterocycles. The lowest BCUT2D eigenvalue weighted by Gasteiger charge is -2.21. The molecule has 0 fully saturated rings. The molecule has 0 aliphatic heterocycles. The zero-order valence-corrected chi connectivity index (χ0v) is 13.6. The van der Waals surface area contributed by atoms with E-state index in [2.05, 4.69) is 9.93 Å². The average Bonchev–Trinajstić information content (AvgIpc) is 2.59. The largest absolute Gasteiger partial charge is 0.733 e. The van der Waals surface area contributed by atoms with Crippen molar-refractivity contribution in [3.8, 4) is 0 Å². The van der Waals surface area contributed by atoms with Crippen LogP contribution in [0.2, 0.25) is 0 Å². The molecular formula is C16H16N3O4S-. The van der Waals surface area contributed by atoms with Crippen LogP contribution in [0.15, 0.2) is 70.7 Å². The highest BCUT2D eigenvalue weighted by Gasteiger charge is 2.12. The first kappa shape index (κ1) is 17.7. The Hall–Kier alpha value is -2.68. The molecule has 0 spiro atoms. The molecule has 0 saturated carbocycles. The second-order valence-electron chi connectivity index (χ2n) is 4.86. The van der Waals surface area contributed by atoms with Gasteiger partial charge in [-0.25, -0.2) is 0 Å². The zero-order valence-electron chi connectivity index (χ0n) is 12.8. The number of hydrazone groups is 1. The SMILES string of the molecule is CC(C=Cc1ccccc1)=NNS(=O)(=O)c1ccc(N([O-])O)cc1. The van der Waals surface area contributed by atoms with Crippen LogP contribution in [0.4, 0.5) is 5.69 Å². The minimum absolute atomic E-state index is 0.0700. The Morgan fingerprint density at radius 1 is 1.17 bits per heavy atom. The van der Waals surface area contributed by atoms with Crippen molar-refractivity contribution >= 4 is 27.5 Å². The Bertz CT molecular complexity index is 829. The van der Waals surface area contributed by atoms with Crippen molar-refractivity contribution in [2.24, 2.45) is 5.10 Å². The van der Waals surface area contributed by atoms with Gasteiger partial charge in [-0.3, -0.25) is 5.21 Å². The first-order chi connectivity index (χ1) is 11.4. The van der Waals surface area contributed by atoms with Crippen molar-refractivity contribution in [3.05, 3.63) is 71.4 Å². The second-order valence-corrected chi connectivity index (χ2v) is 6.52. The van der Waals surface area contributed by atoms with Gasteiger partial charge in [0.15, 0.2) is 0 Å². The van der Waals surface area contributed by atoms with Gasteiger partial charge in [0.1, 0.15) is 0 Å². The van der Waals surface area contributed by atoms with Crippen LogP contribution in [0.3, 0.4) is 0 Å². The Kier molecular flexibility index (Phi) is 5.69. The highest BCUT2D eigenvalue weighted by atomic mass is 32.2. The van der Waals surface area contributed by atoms with Crippen molar-refractivity contribution < 1.29 is 13.6 Å². The number of allylic oxidation sites excluding steroid dienone is 1. The van der Waals surface area contributed by atoms with E-state index in [-0.39, 0.29) is 15.8 Å². The molecule has 8 heteroatoms. The van der Waals surface area contributed by atoms with E-state index in [0.717, 1.165) is 5.56 Å². The maximum absolute atomic E-state index is 12.1. The summed E-state index contributed by atoms with van der Waals surface area (Å²) >= 11 is 0. The minimum Gasteiger partial charge on any atom is -0.733 e. The van der Waals surface area contributed by atoms with E-state index in [9.17, 15) is 13.6 Å². The lowest BCUT2D eigenvalue weighted by atomic mass is 10.2. The highest BCUT2D eigenvalue weighted by molar-refractivity contribution is 7.89. The van der Waals surface area contributed by atoms with Crippen LogP contribution >= 0.6 is 0 Å². The Morgan fingerprint density at radius 3 is 2.38 bits per heavy atom. The van der Waals surface area contributed by atoms with Crippen LogP contribution in [-0.4, -0.2) is 19.3 Å². The average molecular weight is 346 g/mol. The summed E-state index contributed by atoms with van der Waals surface area (Å²) in [5, 5.41) is 22.9. The van der Waals surface area contributed by atoms with Crippen LogP contribution in [-0.2, 0) is 10.0 Å². The zero-order chi connectivity index (χ0) is 17.6. The Labute approximate surface area is 140 Å². The predicted octanol–water partition coefficient (Wildman–Crippen LogP) is 2.75. The lowest BCUT2D eigenvalue weighted by Crippen LogP contribution is -2.19. The number of benzene rings is 2. The van der Waals surface area contributed by atoms with Gasteiger partial charge in [0.05, 0.1) is 16.3 Å². The van der Waals surface area contributed by atoms with Crippen molar-refractivity contribution in [2.75, 3.05) is 5.23 Å². The van der Waals surface area contributed by atoms with Crippen molar-refractivity contribution in [1.29, 1.82) is 0 Å². The molecule has 0 aromatic heterocycles. The molecule has 0 amide bonds. The first-order valence-electron chi connectivity index (χ1n) is 6.94. The molecule has 24 heavy (non-hydrogen) atoms. The summed E-state index contributed by atoms with van der Waals surface area (Å²) in [7, 11) is -3.85. The number of hydrogen-bond donors (Lipinski definition) is 2. The quantitative estimate of drug-likeness (QED) is 0.618. The predicted molar refractivity (Wildman–Crippen MR) is 93.0 cm³/mol. The lowest BCUT2D eigenvalue weighted by molar-refractivity contribution is 0.296. The van der Waals surface area contributed by atoms with E-state index >= 15 is 0 Å². The van der Waals surface area contributed by atoms with Gasteiger partial charge in [-0.15, -0.1) is 0 Å². The Morgan fingerprint density at radius 2 is 1.79 bits per heavy atom.